The predicted molar refractivity (Wildman–Crippen MR) is 106 cm³/mol. The molecule has 0 unspecified atom stereocenters. The molecule has 0 bridgehead atoms. The number of anilines is 1. The van der Waals surface area contributed by atoms with E-state index in [1.807, 2.05) is 49.4 Å². The van der Waals surface area contributed by atoms with Gasteiger partial charge in [-0.3, -0.25) is 4.79 Å². The lowest BCUT2D eigenvalue weighted by molar-refractivity contribution is -0.113. The van der Waals surface area contributed by atoms with Crippen LogP contribution in [0.2, 0.25) is 0 Å². The van der Waals surface area contributed by atoms with Gasteiger partial charge < -0.3 is 15.0 Å². The number of amides is 1. The minimum absolute atomic E-state index is 0.0586. The molecule has 0 atom stereocenters. The first kappa shape index (κ1) is 17.1. The number of nitrogens with zero attached hydrogens (tertiary/aromatic N) is 1. The molecule has 3 aromatic rings. The first-order valence-corrected chi connectivity index (χ1v) is 9.51. The third-order valence-corrected chi connectivity index (χ3v) is 4.80. The molecule has 0 fully saturated rings. The Morgan fingerprint density at radius 2 is 2.08 bits per heavy atom. The maximum Gasteiger partial charge on any atom is 0.234 e. The van der Waals surface area contributed by atoms with Gasteiger partial charge in [0, 0.05) is 15.3 Å². The maximum absolute atomic E-state index is 12.0. The summed E-state index contributed by atoms with van der Waals surface area (Å²) < 4.78 is 6.61. The van der Waals surface area contributed by atoms with Crippen molar-refractivity contribution in [2.45, 2.75) is 12.1 Å². The molecule has 24 heavy (non-hydrogen) atoms. The monoisotopic (exact) mass is 453 g/mol. The minimum Gasteiger partial charge on any atom is -0.494 e. The molecular weight excluding hydrogens is 437 g/mol. The highest BCUT2D eigenvalue weighted by atomic mass is 127. The van der Waals surface area contributed by atoms with Gasteiger partial charge in [-0.2, -0.15) is 0 Å². The second-order valence-corrected chi connectivity index (χ2v) is 7.21. The summed E-state index contributed by atoms with van der Waals surface area (Å²) >= 11 is 3.61. The average Bonchev–Trinajstić information content (AvgIpc) is 2.98. The summed E-state index contributed by atoms with van der Waals surface area (Å²) in [4.78, 5) is 19.7. The number of halogens is 1. The summed E-state index contributed by atoms with van der Waals surface area (Å²) in [6, 6.07) is 13.4. The van der Waals surface area contributed by atoms with Gasteiger partial charge in [-0.15, -0.1) is 0 Å². The molecule has 0 saturated heterocycles. The number of benzene rings is 2. The Morgan fingerprint density at radius 1 is 1.29 bits per heavy atom. The average molecular weight is 453 g/mol. The fourth-order valence-corrected chi connectivity index (χ4v) is 3.20. The number of ether oxygens (including phenoxy) is 1. The fourth-order valence-electron chi connectivity index (χ4n) is 2.15. The molecule has 0 aliphatic heterocycles. The highest BCUT2D eigenvalue weighted by Gasteiger charge is 2.08. The van der Waals surface area contributed by atoms with Crippen LogP contribution < -0.4 is 10.1 Å². The van der Waals surface area contributed by atoms with Crippen LogP contribution in [0.15, 0.2) is 47.6 Å². The molecule has 5 nitrogen and oxygen atoms in total. The van der Waals surface area contributed by atoms with E-state index < -0.39 is 0 Å². The summed E-state index contributed by atoms with van der Waals surface area (Å²) in [6.45, 7) is 2.57. The van der Waals surface area contributed by atoms with Gasteiger partial charge in [0.25, 0.3) is 0 Å². The molecule has 1 amide bonds. The van der Waals surface area contributed by atoms with E-state index in [2.05, 4.69) is 37.9 Å². The third-order valence-electron chi connectivity index (χ3n) is 3.21. The van der Waals surface area contributed by atoms with Crippen molar-refractivity contribution in [2.75, 3.05) is 17.7 Å². The number of aromatic amines is 1. The van der Waals surface area contributed by atoms with E-state index in [0.29, 0.717) is 12.4 Å². The highest BCUT2D eigenvalue weighted by molar-refractivity contribution is 14.1. The Labute approximate surface area is 157 Å². The third kappa shape index (κ3) is 4.41. The quantitative estimate of drug-likeness (QED) is 0.432. The van der Waals surface area contributed by atoms with Crippen LogP contribution in [0.4, 0.5) is 5.69 Å². The first-order valence-electron chi connectivity index (χ1n) is 7.45. The topological polar surface area (TPSA) is 67.0 Å². The molecule has 124 valence electrons. The molecule has 0 saturated carbocycles. The molecule has 1 aromatic heterocycles. The molecule has 2 N–H and O–H groups in total. The zero-order chi connectivity index (χ0) is 16.9. The summed E-state index contributed by atoms with van der Waals surface area (Å²) in [5.74, 6) is 1.04. The molecule has 3 rings (SSSR count). The van der Waals surface area contributed by atoms with Gasteiger partial charge in [-0.05, 0) is 65.9 Å². The molecule has 0 radical (unpaired) electrons. The second-order valence-electron chi connectivity index (χ2n) is 5.00. The van der Waals surface area contributed by atoms with Gasteiger partial charge in [0.2, 0.25) is 5.91 Å². The van der Waals surface area contributed by atoms with Gasteiger partial charge in [0.1, 0.15) is 5.75 Å². The summed E-state index contributed by atoms with van der Waals surface area (Å²) in [7, 11) is 0. The molecule has 0 spiro atoms. The summed E-state index contributed by atoms with van der Waals surface area (Å²) in [5.41, 5.74) is 2.56. The van der Waals surface area contributed by atoms with Crippen LogP contribution in [0.5, 0.6) is 5.75 Å². The van der Waals surface area contributed by atoms with Crippen LogP contribution in [0.3, 0.4) is 0 Å². The zero-order valence-electron chi connectivity index (χ0n) is 13.0. The van der Waals surface area contributed by atoms with Crippen molar-refractivity contribution in [3.63, 3.8) is 0 Å². The van der Waals surface area contributed by atoms with Crippen LogP contribution in [-0.4, -0.2) is 28.2 Å². The molecule has 0 aliphatic rings. The number of fused-ring (bicyclic) bond motifs is 1. The molecule has 1 heterocycles. The van der Waals surface area contributed by atoms with Gasteiger partial charge in [0.05, 0.1) is 23.4 Å². The van der Waals surface area contributed by atoms with Crippen molar-refractivity contribution in [1.29, 1.82) is 0 Å². The Kier molecular flexibility index (Phi) is 5.62. The summed E-state index contributed by atoms with van der Waals surface area (Å²) in [6.07, 6.45) is 0. The van der Waals surface area contributed by atoms with Crippen molar-refractivity contribution >= 4 is 57.0 Å². The number of imidazole rings is 1. The maximum atomic E-state index is 12.0. The van der Waals surface area contributed by atoms with E-state index in [-0.39, 0.29) is 5.91 Å². The standard InChI is InChI=1S/C17H16IN3O2S/c1-2-23-13-7-8-14-15(9-13)21-17(20-14)24-10-16(22)19-12-5-3-11(18)4-6-12/h3-9H,2,10H2,1H3,(H,19,22)(H,20,21). The second kappa shape index (κ2) is 7.89. The number of hydrogen-bond acceptors (Lipinski definition) is 4. The smallest absolute Gasteiger partial charge is 0.234 e. The van der Waals surface area contributed by atoms with E-state index in [1.165, 1.54) is 11.8 Å². The van der Waals surface area contributed by atoms with Gasteiger partial charge in [0.15, 0.2) is 5.16 Å². The van der Waals surface area contributed by atoms with E-state index in [1.54, 1.807) is 0 Å². The number of rotatable bonds is 6. The van der Waals surface area contributed by atoms with E-state index >= 15 is 0 Å². The SMILES string of the molecule is CCOc1ccc2nc(SCC(=O)Nc3ccc(I)cc3)[nH]c2c1. The van der Waals surface area contributed by atoms with Gasteiger partial charge in [-0.1, -0.05) is 11.8 Å². The van der Waals surface area contributed by atoms with Crippen LogP contribution in [-0.2, 0) is 4.79 Å². The lowest BCUT2D eigenvalue weighted by Crippen LogP contribution is -2.14. The largest absolute Gasteiger partial charge is 0.494 e. The molecular formula is C17H16IN3O2S. The van der Waals surface area contributed by atoms with Crippen molar-refractivity contribution < 1.29 is 9.53 Å². The van der Waals surface area contributed by atoms with Crippen LogP contribution in [0.25, 0.3) is 11.0 Å². The molecule has 2 aromatic carbocycles. The van der Waals surface area contributed by atoms with E-state index in [0.717, 1.165) is 31.2 Å². The molecule has 0 aliphatic carbocycles. The lowest BCUT2D eigenvalue weighted by atomic mass is 10.3. The lowest BCUT2D eigenvalue weighted by Gasteiger charge is -2.04. The highest BCUT2D eigenvalue weighted by Crippen LogP contribution is 2.23. The number of aromatic nitrogens is 2. The Bertz CT molecular complexity index is 849. The van der Waals surface area contributed by atoms with Crippen LogP contribution >= 0.6 is 34.4 Å². The van der Waals surface area contributed by atoms with Crippen LogP contribution in [0, 0.1) is 3.57 Å². The Morgan fingerprint density at radius 3 is 2.83 bits per heavy atom. The Hall–Kier alpha value is -1.74. The first-order chi connectivity index (χ1) is 11.6. The summed E-state index contributed by atoms with van der Waals surface area (Å²) in [5, 5.41) is 3.59. The van der Waals surface area contributed by atoms with Crippen molar-refractivity contribution in [3.8, 4) is 5.75 Å². The number of thioether (sulfide) groups is 1. The number of carbonyl (C=O) groups excluding carboxylic acids is 1. The number of nitrogens with one attached hydrogen (secondary N) is 2. The van der Waals surface area contributed by atoms with Gasteiger partial charge >= 0.3 is 0 Å². The number of carbonyl (C=O) groups is 1. The number of H-pyrrole nitrogens is 1. The predicted octanol–water partition coefficient (Wildman–Crippen LogP) is 4.30. The van der Waals surface area contributed by atoms with E-state index in [9.17, 15) is 4.79 Å². The van der Waals surface area contributed by atoms with Gasteiger partial charge in [-0.25, -0.2) is 4.98 Å². The van der Waals surface area contributed by atoms with E-state index in [4.69, 9.17) is 4.74 Å². The zero-order valence-corrected chi connectivity index (χ0v) is 16.0. The van der Waals surface area contributed by atoms with Crippen LogP contribution in [0.1, 0.15) is 6.92 Å². The number of hydrogen-bond donors (Lipinski definition) is 2. The fraction of sp³-hybridized carbons (Fsp3) is 0.176. The Balaban J connectivity index is 1.60. The van der Waals surface area contributed by atoms with Crippen molar-refractivity contribution in [1.82, 2.24) is 9.97 Å². The molecule has 7 heteroatoms. The van der Waals surface area contributed by atoms with Crippen molar-refractivity contribution in [2.24, 2.45) is 0 Å². The normalized spacial score (nSPS) is 10.8. The van der Waals surface area contributed by atoms with Crippen molar-refractivity contribution in [3.05, 3.63) is 46.0 Å². The minimum atomic E-state index is -0.0586.